The molecular weight excluding hydrogens is 228 g/mol. The number of carboxylic acids is 1. The molecule has 0 spiro atoms. The maximum Gasteiger partial charge on any atom is 0.331 e. The van der Waals surface area contributed by atoms with Crippen molar-refractivity contribution < 1.29 is 24.2 Å². The highest BCUT2D eigenvalue weighted by Gasteiger charge is 2.25. The number of carbonyl (C=O) groups is 3. The van der Waals surface area contributed by atoms with Crippen LogP contribution in [0.4, 0.5) is 0 Å². The number of aliphatic carboxylic acids is 1. The Kier molecular flexibility index (Phi) is 6.37. The Morgan fingerprint density at radius 1 is 1.12 bits per heavy atom. The first-order valence-corrected chi connectivity index (χ1v) is 5.22. The Morgan fingerprint density at radius 2 is 1.59 bits per heavy atom. The lowest BCUT2D eigenvalue weighted by Gasteiger charge is -2.13. The molecule has 0 unspecified atom stereocenters. The molecule has 0 fully saturated rings. The molecule has 2 atom stereocenters. The summed E-state index contributed by atoms with van der Waals surface area (Å²) in [4.78, 5) is 32.8. The average Bonchev–Trinajstić information content (AvgIpc) is 2.15. The van der Waals surface area contributed by atoms with Gasteiger partial charge in [-0.25, -0.2) is 9.59 Å². The molecule has 0 bridgehead atoms. The highest BCUT2D eigenvalue weighted by Crippen LogP contribution is 2.05. The average molecular weight is 246 g/mol. The van der Waals surface area contributed by atoms with Crippen LogP contribution in [0.1, 0.15) is 26.7 Å². The van der Waals surface area contributed by atoms with Crippen LogP contribution in [0.25, 0.3) is 0 Å². The fourth-order valence-electron chi connectivity index (χ4n) is 1.13. The third-order valence-electron chi connectivity index (χ3n) is 1.93. The van der Waals surface area contributed by atoms with E-state index in [9.17, 15) is 14.4 Å². The third-order valence-corrected chi connectivity index (χ3v) is 1.93. The molecule has 0 aliphatic rings. The molecule has 98 valence electrons. The van der Waals surface area contributed by atoms with Crippen LogP contribution in [0.15, 0.2) is 0 Å². The van der Waals surface area contributed by atoms with Gasteiger partial charge >= 0.3 is 17.9 Å². The van der Waals surface area contributed by atoms with E-state index in [-0.39, 0.29) is 5.92 Å². The molecule has 17 heavy (non-hydrogen) atoms. The van der Waals surface area contributed by atoms with E-state index in [1.807, 2.05) is 13.8 Å². The Bertz CT molecular complexity index is 303. The summed E-state index contributed by atoms with van der Waals surface area (Å²) in [6.45, 7) is 3.73. The minimum absolute atomic E-state index is 0.181. The highest BCUT2D eigenvalue weighted by atomic mass is 16.6. The number of hydrogen-bond donors (Lipinski definition) is 3. The zero-order chi connectivity index (χ0) is 13.6. The van der Waals surface area contributed by atoms with Gasteiger partial charge in [-0.1, -0.05) is 13.8 Å². The fraction of sp³-hybridized carbons (Fsp3) is 0.700. The Hall–Kier alpha value is -1.47. The molecule has 0 amide bonds. The molecular formula is C10H18N2O5. The SMILES string of the molecule is CC(C)C[C@H](N)C(=O)OC(=O)[C@@H](N)CC(=O)O. The quantitative estimate of drug-likeness (QED) is 0.414. The van der Waals surface area contributed by atoms with Crippen molar-refractivity contribution in [1.82, 2.24) is 0 Å². The molecule has 0 aliphatic heterocycles. The van der Waals surface area contributed by atoms with Crippen LogP contribution < -0.4 is 11.5 Å². The van der Waals surface area contributed by atoms with Gasteiger partial charge < -0.3 is 21.3 Å². The van der Waals surface area contributed by atoms with Gasteiger partial charge in [0.1, 0.15) is 12.1 Å². The summed E-state index contributed by atoms with van der Waals surface area (Å²) in [7, 11) is 0. The minimum atomic E-state index is -1.36. The molecule has 0 saturated heterocycles. The van der Waals surface area contributed by atoms with E-state index in [1.165, 1.54) is 0 Å². The largest absolute Gasteiger partial charge is 0.481 e. The molecule has 7 heteroatoms. The molecule has 0 aromatic rings. The van der Waals surface area contributed by atoms with Gasteiger partial charge in [0.05, 0.1) is 6.42 Å². The van der Waals surface area contributed by atoms with Gasteiger partial charge in [0, 0.05) is 0 Å². The summed E-state index contributed by atoms with van der Waals surface area (Å²) in [5.74, 6) is -3.02. The molecule has 0 rings (SSSR count). The summed E-state index contributed by atoms with van der Waals surface area (Å²) < 4.78 is 4.38. The second-order valence-electron chi connectivity index (χ2n) is 4.18. The monoisotopic (exact) mass is 246 g/mol. The van der Waals surface area contributed by atoms with Crippen molar-refractivity contribution in [3.8, 4) is 0 Å². The van der Waals surface area contributed by atoms with Crippen LogP contribution in [0.5, 0.6) is 0 Å². The van der Waals surface area contributed by atoms with Crippen molar-refractivity contribution in [3.05, 3.63) is 0 Å². The lowest BCUT2D eigenvalue weighted by atomic mass is 10.1. The van der Waals surface area contributed by atoms with Gasteiger partial charge in [0.15, 0.2) is 0 Å². The predicted molar refractivity (Wildman–Crippen MR) is 58.8 cm³/mol. The van der Waals surface area contributed by atoms with Crippen molar-refractivity contribution >= 4 is 17.9 Å². The van der Waals surface area contributed by atoms with Crippen LogP contribution in [0, 0.1) is 5.92 Å². The second-order valence-corrected chi connectivity index (χ2v) is 4.18. The number of carbonyl (C=O) groups excluding carboxylic acids is 2. The van der Waals surface area contributed by atoms with Crippen molar-refractivity contribution in [2.45, 2.75) is 38.8 Å². The zero-order valence-electron chi connectivity index (χ0n) is 9.88. The maximum absolute atomic E-state index is 11.3. The molecule has 0 radical (unpaired) electrons. The maximum atomic E-state index is 11.3. The number of hydrogen-bond acceptors (Lipinski definition) is 6. The molecule has 7 nitrogen and oxygen atoms in total. The van der Waals surface area contributed by atoms with Gasteiger partial charge in [-0.2, -0.15) is 0 Å². The van der Waals surface area contributed by atoms with Crippen LogP contribution in [-0.4, -0.2) is 35.1 Å². The number of esters is 2. The lowest BCUT2D eigenvalue weighted by molar-refractivity contribution is -0.163. The first-order valence-electron chi connectivity index (χ1n) is 5.22. The summed E-state index contributed by atoms with van der Waals surface area (Å²) in [5.41, 5.74) is 10.7. The van der Waals surface area contributed by atoms with Crippen LogP contribution in [0.2, 0.25) is 0 Å². The van der Waals surface area contributed by atoms with Gasteiger partial charge in [-0.05, 0) is 12.3 Å². The van der Waals surface area contributed by atoms with E-state index in [2.05, 4.69) is 4.74 Å². The Balaban J connectivity index is 4.19. The van der Waals surface area contributed by atoms with Gasteiger partial charge in [-0.3, -0.25) is 4.79 Å². The van der Waals surface area contributed by atoms with Gasteiger partial charge in [0.2, 0.25) is 0 Å². The zero-order valence-corrected chi connectivity index (χ0v) is 9.88. The molecule has 0 saturated carbocycles. The topological polar surface area (TPSA) is 133 Å². The molecule has 0 aliphatic carbocycles. The van der Waals surface area contributed by atoms with E-state index in [0.717, 1.165) is 0 Å². The highest BCUT2D eigenvalue weighted by molar-refractivity contribution is 5.92. The van der Waals surface area contributed by atoms with E-state index in [1.54, 1.807) is 0 Å². The van der Waals surface area contributed by atoms with Crippen molar-refractivity contribution in [2.24, 2.45) is 17.4 Å². The van der Waals surface area contributed by atoms with Gasteiger partial charge in [0.25, 0.3) is 0 Å². The number of carboxylic acid groups (broad SMARTS) is 1. The van der Waals surface area contributed by atoms with E-state index < -0.39 is 36.4 Å². The molecule has 0 heterocycles. The van der Waals surface area contributed by atoms with Crippen molar-refractivity contribution in [2.75, 3.05) is 0 Å². The van der Waals surface area contributed by atoms with Crippen LogP contribution in [0.3, 0.4) is 0 Å². The standard InChI is InChI=1S/C10H18N2O5/c1-5(2)3-6(11)9(15)17-10(16)7(12)4-8(13)14/h5-7H,3-4,11-12H2,1-2H3,(H,13,14)/t6-,7-/m0/s1. The third kappa shape index (κ3) is 6.64. The van der Waals surface area contributed by atoms with E-state index >= 15 is 0 Å². The number of ether oxygens (including phenoxy) is 1. The predicted octanol–water partition coefficient (Wildman–Crippen LogP) is -0.768. The number of rotatable bonds is 6. The normalized spacial score (nSPS) is 14.2. The summed E-state index contributed by atoms with van der Waals surface area (Å²) >= 11 is 0. The van der Waals surface area contributed by atoms with E-state index in [4.69, 9.17) is 16.6 Å². The second kappa shape index (κ2) is 6.97. The first kappa shape index (κ1) is 15.5. The summed E-state index contributed by atoms with van der Waals surface area (Å²) in [5, 5.41) is 8.40. The molecule has 0 aromatic heterocycles. The minimum Gasteiger partial charge on any atom is -0.481 e. The van der Waals surface area contributed by atoms with Crippen molar-refractivity contribution in [1.29, 1.82) is 0 Å². The lowest BCUT2D eigenvalue weighted by Crippen LogP contribution is -2.41. The molecule has 5 N–H and O–H groups in total. The van der Waals surface area contributed by atoms with E-state index in [0.29, 0.717) is 6.42 Å². The van der Waals surface area contributed by atoms with Gasteiger partial charge in [-0.15, -0.1) is 0 Å². The number of nitrogens with two attached hydrogens (primary N) is 2. The van der Waals surface area contributed by atoms with Crippen molar-refractivity contribution in [3.63, 3.8) is 0 Å². The van der Waals surface area contributed by atoms with Crippen LogP contribution in [-0.2, 0) is 19.1 Å². The Morgan fingerprint density at radius 3 is 2.00 bits per heavy atom. The molecule has 0 aromatic carbocycles. The van der Waals surface area contributed by atoms with Crippen LogP contribution >= 0.6 is 0 Å². The Labute approximate surface area is 99.1 Å². The smallest absolute Gasteiger partial charge is 0.331 e. The fourth-order valence-corrected chi connectivity index (χ4v) is 1.13. The summed E-state index contributed by atoms with van der Waals surface area (Å²) in [6, 6.07) is -2.27. The summed E-state index contributed by atoms with van der Waals surface area (Å²) in [6.07, 6.45) is -0.216. The first-order chi connectivity index (χ1) is 7.73.